The van der Waals surface area contributed by atoms with E-state index in [4.69, 9.17) is 9.57 Å². The Balaban J connectivity index is 1.43. The van der Waals surface area contributed by atoms with Crippen molar-refractivity contribution in [3.63, 3.8) is 0 Å². The minimum absolute atomic E-state index is 0.162. The maximum atomic E-state index is 6.17. The van der Waals surface area contributed by atoms with Gasteiger partial charge in [0.15, 0.2) is 0 Å². The number of ether oxygens (including phenoxy) is 1. The smallest absolute Gasteiger partial charge is 0.0851 e. The van der Waals surface area contributed by atoms with Gasteiger partial charge < -0.3 is 4.74 Å². The summed E-state index contributed by atoms with van der Waals surface area (Å²) in [5.74, 6) is 0. The van der Waals surface area contributed by atoms with Gasteiger partial charge in [-0.15, -0.1) is 0 Å². The standard InChI is InChI=1S/C19H21NO2/c1-3-7-15(8-4-1)13-20-17-11-18(22-20)12-19(21-14-17)16-9-5-2-6-10-16/h1-10,17-19H,11-14H2/t17-,18+,19+/m0/s1. The van der Waals surface area contributed by atoms with Crippen LogP contribution in [0, 0.1) is 0 Å². The zero-order valence-corrected chi connectivity index (χ0v) is 12.6. The van der Waals surface area contributed by atoms with Gasteiger partial charge in [0, 0.05) is 13.0 Å². The molecule has 0 aromatic heterocycles. The van der Waals surface area contributed by atoms with Crippen molar-refractivity contribution in [3.05, 3.63) is 71.8 Å². The second kappa shape index (κ2) is 6.21. The van der Waals surface area contributed by atoms with Crippen LogP contribution in [0.2, 0.25) is 0 Å². The SMILES string of the molecule is c1ccc(CN2O[C@@H]3C[C@H]2CO[C@@H](c2ccccc2)C3)cc1. The predicted octanol–water partition coefficient (Wildman–Crippen LogP) is 3.72. The van der Waals surface area contributed by atoms with Crippen LogP contribution in [0.5, 0.6) is 0 Å². The quantitative estimate of drug-likeness (QED) is 0.861. The highest BCUT2D eigenvalue weighted by molar-refractivity contribution is 5.18. The number of rotatable bonds is 3. The molecule has 2 heterocycles. The molecule has 0 N–H and O–H groups in total. The van der Waals surface area contributed by atoms with E-state index in [0.29, 0.717) is 6.04 Å². The average Bonchev–Trinajstić information content (AvgIpc) is 2.80. The molecule has 2 aromatic rings. The van der Waals surface area contributed by atoms with Crippen LogP contribution in [0.3, 0.4) is 0 Å². The molecule has 0 amide bonds. The lowest BCUT2D eigenvalue weighted by atomic mass is 10.0. The summed E-state index contributed by atoms with van der Waals surface area (Å²) in [6, 6.07) is 21.3. The van der Waals surface area contributed by atoms with E-state index < -0.39 is 0 Å². The van der Waals surface area contributed by atoms with E-state index in [1.807, 2.05) is 12.1 Å². The van der Waals surface area contributed by atoms with Gasteiger partial charge in [-0.2, -0.15) is 5.06 Å². The van der Waals surface area contributed by atoms with Crippen LogP contribution in [-0.4, -0.2) is 23.8 Å². The van der Waals surface area contributed by atoms with Crippen LogP contribution in [0.15, 0.2) is 60.7 Å². The summed E-state index contributed by atoms with van der Waals surface area (Å²) >= 11 is 0. The minimum atomic E-state index is 0.162. The van der Waals surface area contributed by atoms with Gasteiger partial charge in [0.2, 0.25) is 0 Å². The molecule has 4 rings (SSSR count). The number of benzene rings is 2. The number of fused-ring (bicyclic) bond motifs is 2. The number of hydrogen-bond donors (Lipinski definition) is 0. The molecule has 0 radical (unpaired) electrons. The fourth-order valence-corrected chi connectivity index (χ4v) is 3.40. The molecule has 2 aliphatic rings. The van der Waals surface area contributed by atoms with Crippen molar-refractivity contribution >= 4 is 0 Å². The lowest BCUT2D eigenvalue weighted by molar-refractivity contribution is -0.201. The first-order valence-corrected chi connectivity index (χ1v) is 8.02. The molecule has 22 heavy (non-hydrogen) atoms. The zero-order valence-electron chi connectivity index (χ0n) is 12.6. The molecule has 3 atom stereocenters. The second-order valence-corrected chi connectivity index (χ2v) is 6.15. The Bertz CT molecular complexity index is 601. The summed E-state index contributed by atoms with van der Waals surface area (Å²) in [5, 5.41) is 2.11. The molecule has 3 heteroatoms. The highest BCUT2D eigenvalue weighted by Gasteiger charge is 2.38. The van der Waals surface area contributed by atoms with Gasteiger partial charge in [-0.3, -0.25) is 4.84 Å². The minimum Gasteiger partial charge on any atom is -0.372 e. The summed E-state index contributed by atoms with van der Waals surface area (Å²) in [6.07, 6.45) is 2.43. The fourth-order valence-electron chi connectivity index (χ4n) is 3.40. The van der Waals surface area contributed by atoms with Crippen molar-refractivity contribution < 1.29 is 9.57 Å². The molecule has 0 aliphatic carbocycles. The largest absolute Gasteiger partial charge is 0.372 e. The van der Waals surface area contributed by atoms with E-state index in [2.05, 4.69) is 53.6 Å². The topological polar surface area (TPSA) is 21.7 Å². The third-order valence-electron chi connectivity index (χ3n) is 4.55. The first kappa shape index (κ1) is 13.9. The van der Waals surface area contributed by atoms with Gasteiger partial charge in [0.05, 0.1) is 24.9 Å². The Kier molecular flexibility index (Phi) is 3.94. The maximum Gasteiger partial charge on any atom is 0.0851 e. The van der Waals surface area contributed by atoms with Crippen molar-refractivity contribution in [3.8, 4) is 0 Å². The maximum absolute atomic E-state index is 6.17. The Morgan fingerprint density at radius 3 is 2.41 bits per heavy atom. The van der Waals surface area contributed by atoms with Gasteiger partial charge in [0.25, 0.3) is 0 Å². The molecule has 2 bridgehead atoms. The molecule has 2 aromatic carbocycles. The number of hydroxylamine groups is 2. The highest BCUT2D eigenvalue weighted by Crippen LogP contribution is 2.35. The predicted molar refractivity (Wildman–Crippen MR) is 85.0 cm³/mol. The van der Waals surface area contributed by atoms with Crippen molar-refractivity contribution in [2.75, 3.05) is 6.61 Å². The van der Waals surface area contributed by atoms with Gasteiger partial charge in [0.1, 0.15) is 0 Å². The highest BCUT2D eigenvalue weighted by atomic mass is 16.7. The van der Waals surface area contributed by atoms with Crippen LogP contribution in [0.4, 0.5) is 0 Å². The Morgan fingerprint density at radius 1 is 0.909 bits per heavy atom. The molecule has 3 nitrogen and oxygen atoms in total. The Hall–Kier alpha value is -1.68. The number of nitrogens with zero attached hydrogens (tertiary/aromatic N) is 1. The summed E-state index contributed by atoms with van der Waals surface area (Å²) in [6.45, 7) is 1.57. The van der Waals surface area contributed by atoms with Crippen molar-refractivity contribution in [2.45, 2.75) is 37.6 Å². The fraction of sp³-hybridized carbons (Fsp3) is 0.368. The monoisotopic (exact) mass is 295 g/mol. The summed E-state index contributed by atoms with van der Waals surface area (Å²) in [7, 11) is 0. The lowest BCUT2D eigenvalue weighted by Gasteiger charge is -2.28. The zero-order chi connectivity index (χ0) is 14.8. The summed E-state index contributed by atoms with van der Waals surface area (Å²) in [4.78, 5) is 6.17. The van der Waals surface area contributed by atoms with Crippen LogP contribution < -0.4 is 0 Å². The molecule has 0 unspecified atom stereocenters. The Morgan fingerprint density at radius 2 is 1.64 bits per heavy atom. The van der Waals surface area contributed by atoms with Crippen molar-refractivity contribution in [1.82, 2.24) is 5.06 Å². The lowest BCUT2D eigenvalue weighted by Crippen LogP contribution is -2.33. The van der Waals surface area contributed by atoms with Crippen LogP contribution in [0.1, 0.15) is 30.1 Å². The van der Waals surface area contributed by atoms with E-state index in [1.54, 1.807) is 0 Å². The third kappa shape index (κ3) is 2.93. The molecule has 114 valence electrons. The van der Waals surface area contributed by atoms with E-state index in [9.17, 15) is 0 Å². The van der Waals surface area contributed by atoms with E-state index in [0.717, 1.165) is 26.0 Å². The van der Waals surface area contributed by atoms with Gasteiger partial charge >= 0.3 is 0 Å². The molecule has 0 saturated carbocycles. The first-order chi connectivity index (χ1) is 10.9. The van der Waals surface area contributed by atoms with E-state index >= 15 is 0 Å². The van der Waals surface area contributed by atoms with Crippen LogP contribution in [-0.2, 0) is 16.1 Å². The molecule has 0 spiro atoms. The first-order valence-electron chi connectivity index (χ1n) is 8.02. The van der Waals surface area contributed by atoms with Crippen LogP contribution >= 0.6 is 0 Å². The summed E-state index contributed by atoms with van der Waals surface area (Å²) < 4.78 is 6.17. The summed E-state index contributed by atoms with van der Waals surface area (Å²) in [5.41, 5.74) is 2.54. The molecular formula is C19H21NO2. The van der Waals surface area contributed by atoms with E-state index in [-0.39, 0.29) is 12.2 Å². The molecule has 2 saturated heterocycles. The van der Waals surface area contributed by atoms with Gasteiger partial charge in [-0.1, -0.05) is 60.7 Å². The third-order valence-corrected chi connectivity index (χ3v) is 4.55. The van der Waals surface area contributed by atoms with E-state index in [1.165, 1.54) is 11.1 Å². The van der Waals surface area contributed by atoms with Crippen LogP contribution in [0.25, 0.3) is 0 Å². The van der Waals surface area contributed by atoms with Gasteiger partial charge in [-0.05, 0) is 17.5 Å². The molecule has 2 aliphatic heterocycles. The second-order valence-electron chi connectivity index (χ2n) is 6.15. The molecular weight excluding hydrogens is 274 g/mol. The van der Waals surface area contributed by atoms with Gasteiger partial charge in [-0.25, -0.2) is 0 Å². The number of hydrogen-bond acceptors (Lipinski definition) is 3. The Labute approximate surface area is 131 Å². The molecule has 2 fully saturated rings. The van der Waals surface area contributed by atoms with Crippen molar-refractivity contribution in [2.24, 2.45) is 0 Å². The van der Waals surface area contributed by atoms with Crippen molar-refractivity contribution in [1.29, 1.82) is 0 Å². The average molecular weight is 295 g/mol. The normalized spacial score (nSPS) is 28.5.